The fourth-order valence-electron chi connectivity index (χ4n) is 6.26. The third-order valence-electron chi connectivity index (χ3n) is 7.24. The summed E-state index contributed by atoms with van der Waals surface area (Å²) in [6, 6.07) is 9.62. The van der Waals surface area contributed by atoms with Crippen LogP contribution in [0.3, 0.4) is 0 Å². The van der Waals surface area contributed by atoms with Crippen LogP contribution >= 0.6 is 0 Å². The normalized spacial score (nSPS) is 29.0. The van der Waals surface area contributed by atoms with Crippen LogP contribution in [-0.4, -0.2) is 28.2 Å². The average molecular weight is 408 g/mol. The zero-order valence-electron chi connectivity index (χ0n) is 17.3. The SMILES string of the molecule is O=C(CCNC(=O)C12CC3CC(CC(C3)C1)C2)OCc1ccc(-n2cccn2)cc1. The quantitative estimate of drug-likeness (QED) is 0.711. The molecule has 0 saturated heterocycles. The third kappa shape index (κ3) is 3.87. The maximum atomic E-state index is 12.9. The molecule has 0 radical (unpaired) electrons. The number of carbonyl (C=O) groups is 2. The molecular formula is C24H29N3O3. The second-order valence-corrected chi connectivity index (χ2v) is 9.48. The molecule has 1 amide bonds. The minimum Gasteiger partial charge on any atom is -0.461 e. The summed E-state index contributed by atoms with van der Waals surface area (Å²) in [4.78, 5) is 25.0. The van der Waals surface area contributed by atoms with Crippen LogP contribution in [0.4, 0.5) is 0 Å². The molecule has 4 saturated carbocycles. The van der Waals surface area contributed by atoms with E-state index in [0.29, 0.717) is 6.54 Å². The van der Waals surface area contributed by atoms with Gasteiger partial charge in [-0.05, 0) is 80.0 Å². The van der Waals surface area contributed by atoms with Crippen molar-refractivity contribution in [2.75, 3.05) is 6.54 Å². The Morgan fingerprint density at radius 1 is 1.07 bits per heavy atom. The van der Waals surface area contributed by atoms with Crippen molar-refractivity contribution in [1.29, 1.82) is 0 Å². The van der Waals surface area contributed by atoms with E-state index in [4.69, 9.17) is 4.74 Å². The highest BCUT2D eigenvalue weighted by Gasteiger charge is 2.54. The number of nitrogens with zero attached hydrogens (tertiary/aromatic N) is 2. The zero-order valence-corrected chi connectivity index (χ0v) is 17.3. The van der Waals surface area contributed by atoms with Crippen LogP contribution in [0.2, 0.25) is 0 Å². The molecule has 6 nitrogen and oxygen atoms in total. The molecule has 4 fully saturated rings. The summed E-state index contributed by atoms with van der Waals surface area (Å²) >= 11 is 0. The van der Waals surface area contributed by atoms with Crippen molar-refractivity contribution in [3.05, 3.63) is 48.3 Å². The van der Waals surface area contributed by atoms with Gasteiger partial charge in [-0.2, -0.15) is 5.10 Å². The van der Waals surface area contributed by atoms with E-state index >= 15 is 0 Å². The molecule has 6 heteroatoms. The molecule has 1 N–H and O–H groups in total. The van der Waals surface area contributed by atoms with Crippen LogP contribution in [0, 0.1) is 23.2 Å². The molecule has 158 valence electrons. The summed E-state index contributed by atoms with van der Waals surface area (Å²) in [5.74, 6) is 2.12. The fourth-order valence-corrected chi connectivity index (χ4v) is 6.26. The van der Waals surface area contributed by atoms with Crippen LogP contribution in [0.15, 0.2) is 42.7 Å². The fraction of sp³-hybridized carbons (Fsp3) is 0.542. The third-order valence-corrected chi connectivity index (χ3v) is 7.24. The number of aromatic nitrogens is 2. The minimum atomic E-state index is -0.281. The van der Waals surface area contributed by atoms with Gasteiger partial charge >= 0.3 is 5.97 Å². The van der Waals surface area contributed by atoms with Gasteiger partial charge in [0.25, 0.3) is 0 Å². The number of esters is 1. The maximum Gasteiger partial charge on any atom is 0.307 e. The molecule has 0 atom stereocenters. The van der Waals surface area contributed by atoms with E-state index in [2.05, 4.69) is 10.4 Å². The first-order valence-corrected chi connectivity index (χ1v) is 11.1. The van der Waals surface area contributed by atoms with Crippen molar-refractivity contribution in [3.63, 3.8) is 0 Å². The van der Waals surface area contributed by atoms with E-state index in [0.717, 1.165) is 48.3 Å². The topological polar surface area (TPSA) is 73.2 Å². The van der Waals surface area contributed by atoms with Crippen LogP contribution in [0.25, 0.3) is 5.69 Å². The number of nitrogens with one attached hydrogen (secondary N) is 1. The highest BCUT2D eigenvalue weighted by Crippen LogP contribution is 2.60. The monoisotopic (exact) mass is 407 g/mol. The van der Waals surface area contributed by atoms with Crippen molar-refractivity contribution < 1.29 is 14.3 Å². The second-order valence-electron chi connectivity index (χ2n) is 9.48. The molecule has 1 aromatic carbocycles. The standard InChI is InChI=1S/C24H29N3O3/c28-22(30-16-17-2-4-21(5-3-17)27-9-1-7-26-27)6-8-25-23(29)24-13-18-10-19(14-24)12-20(11-18)15-24/h1-5,7,9,18-20H,6,8,10-16H2,(H,25,29). The van der Waals surface area contributed by atoms with Gasteiger partial charge in [-0.1, -0.05) is 12.1 Å². The number of rotatable bonds is 7. The molecule has 4 aliphatic rings. The molecule has 4 aliphatic carbocycles. The van der Waals surface area contributed by atoms with Crippen molar-refractivity contribution in [1.82, 2.24) is 15.1 Å². The van der Waals surface area contributed by atoms with Crippen LogP contribution < -0.4 is 5.32 Å². The summed E-state index contributed by atoms with van der Waals surface area (Å²) in [7, 11) is 0. The Bertz CT molecular complexity index is 869. The van der Waals surface area contributed by atoms with Gasteiger partial charge in [0, 0.05) is 24.4 Å². The van der Waals surface area contributed by atoms with E-state index in [1.807, 2.05) is 36.5 Å². The van der Waals surface area contributed by atoms with Gasteiger partial charge in [0.15, 0.2) is 0 Å². The first-order valence-electron chi connectivity index (χ1n) is 11.1. The van der Waals surface area contributed by atoms with E-state index < -0.39 is 0 Å². The number of benzene rings is 1. The number of ether oxygens (including phenoxy) is 1. The molecule has 0 spiro atoms. The Hall–Kier alpha value is -2.63. The smallest absolute Gasteiger partial charge is 0.307 e. The number of hydrogen-bond donors (Lipinski definition) is 1. The van der Waals surface area contributed by atoms with Crippen molar-refractivity contribution >= 4 is 11.9 Å². The molecule has 30 heavy (non-hydrogen) atoms. The molecule has 0 unspecified atom stereocenters. The van der Waals surface area contributed by atoms with Crippen molar-refractivity contribution in [2.45, 2.75) is 51.6 Å². The van der Waals surface area contributed by atoms with Gasteiger partial charge < -0.3 is 10.1 Å². The average Bonchev–Trinajstić information content (AvgIpc) is 3.26. The Labute approximate surface area is 177 Å². The predicted octanol–water partition coefficient (Wildman–Crippen LogP) is 3.64. The van der Waals surface area contributed by atoms with Crippen LogP contribution in [0.5, 0.6) is 0 Å². The molecule has 0 aliphatic heterocycles. The molecule has 6 rings (SSSR count). The Morgan fingerprint density at radius 2 is 1.73 bits per heavy atom. The highest BCUT2D eigenvalue weighted by atomic mass is 16.5. The lowest BCUT2D eigenvalue weighted by Gasteiger charge is -2.55. The largest absolute Gasteiger partial charge is 0.461 e. The van der Waals surface area contributed by atoms with Crippen LogP contribution in [0.1, 0.15) is 50.5 Å². The first-order chi connectivity index (χ1) is 14.6. The molecule has 4 bridgehead atoms. The van der Waals surface area contributed by atoms with Gasteiger partial charge in [-0.15, -0.1) is 0 Å². The molecule has 2 aromatic rings. The summed E-state index contributed by atoms with van der Waals surface area (Å²) in [6.45, 7) is 0.596. The van der Waals surface area contributed by atoms with Gasteiger partial charge in [0.2, 0.25) is 5.91 Å². The first kappa shape index (κ1) is 19.3. The van der Waals surface area contributed by atoms with E-state index in [9.17, 15) is 9.59 Å². The highest BCUT2D eigenvalue weighted by molar-refractivity contribution is 5.83. The van der Waals surface area contributed by atoms with Gasteiger partial charge in [0.1, 0.15) is 6.61 Å². The Kier molecular flexibility index (Phi) is 5.09. The van der Waals surface area contributed by atoms with Gasteiger partial charge in [-0.3, -0.25) is 9.59 Å². The Morgan fingerprint density at radius 3 is 2.33 bits per heavy atom. The molecule has 1 heterocycles. The lowest BCUT2D eigenvalue weighted by atomic mass is 9.49. The minimum absolute atomic E-state index is 0.158. The number of hydrogen-bond acceptors (Lipinski definition) is 4. The molecule has 1 aromatic heterocycles. The summed E-state index contributed by atoms with van der Waals surface area (Å²) in [5.41, 5.74) is 1.73. The second kappa shape index (κ2) is 7.89. The lowest BCUT2D eigenvalue weighted by Crippen LogP contribution is -2.53. The van der Waals surface area contributed by atoms with Crippen molar-refractivity contribution in [2.24, 2.45) is 23.2 Å². The zero-order chi connectivity index (χ0) is 20.6. The van der Waals surface area contributed by atoms with Crippen LogP contribution in [-0.2, 0) is 20.9 Å². The predicted molar refractivity (Wildman–Crippen MR) is 112 cm³/mol. The summed E-state index contributed by atoms with van der Waals surface area (Å²) in [6.07, 6.45) is 10.9. The van der Waals surface area contributed by atoms with Gasteiger partial charge in [0.05, 0.1) is 12.1 Å². The summed E-state index contributed by atoms with van der Waals surface area (Å²) in [5, 5.41) is 7.24. The van der Waals surface area contributed by atoms with E-state index in [1.165, 1.54) is 19.3 Å². The Balaban J connectivity index is 1.06. The van der Waals surface area contributed by atoms with Crippen molar-refractivity contribution in [3.8, 4) is 5.69 Å². The van der Waals surface area contributed by atoms with E-state index in [-0.39, 0.29) is 30.3 Å². The number of amides is 1. The lowest BCUT2D eigenvalue weighted by molar-refractivity contribution is -0.147. The van der Waals surface area contributed by atoms with Gasteiger partial charge in [-0.25, -0.2) is 4.68 Å². The molecular weight excluding hydrogens is 378 g/mol. The maximum absolute atomic E-state index is 12.9. The van der Waals surface area contributed by atoms with E-state index in [1.54, 1.807) is 10.9 Å². The summed E-state index contributed by atoms with van der Waals surface area (Å²) < 4.78 is 7.16. The number of carbonyl (C=O) groups excluding carboxylic acids is 2.